The molecule has 0 aliphatic carbocycles. The third-order valence-electron chi connectivity index (χ3n) is 2.39. The number of rotatable bonds is 6. The molecule has 11 heteroatoms. The standard InChI is InChI=1S/C6H13NO4S.C4H8N2O3/c8-12(9,10)6-3-7-1-4-11-5-2-7;5-1-3(7)6-2-4(8)9/h1-6H2,(H,8,9,10);1-2,5H2,(H,6,7)(H,8,9). The van der Waals surface area contributed by atoms with Crippen LogP contribution in [-0.2, 0) is 24.4 Å². The summed E-state index contributed by atoms with van der Waals surface area (Å²) in [5, 5.41) is 10.1. The Balaban J connectivity index is 0.000000400. The Kier molecular flexibility index (Phi) is 9.82. The van der Waals surface area contributed by atoms with Crippen molar-refractivity contribution in [1.82, 2.24) is 10.2 Å². The molecular weight excluding hydrogens is 306 g/mol. The zero-order valence-corrected chi connectivity index (χ0v) is 12.3. The molecule has 0 atom stereocenters. The van der Waals surface area contributed by atoms with Gasteiger partial charge in [0.15, 0.2) is 0 Å². The fourth-order valence-corrected chi connectivity index (χ4v) is 1.80. The van der Waals surface area contributed by atoms with E-state index < -0.39 is 22.0 Å². The van der Waals surface area contributed by atoms with Gasteiger partial charge in [0.1, 0.15) is 6.54 Å². The van der Waals surface area contributed by atoms with Gasteiger partial charge in [-0.3, -0.25) is 19.0 Å². The van der Waals surface area contributed by atoms with Crippen molar-refractivity contribution in [3.05, 3.63) is 0 Å². The Morgan fingerprint density at radius 2 is 1.86 bits per heavy atom. The highest BCUT2D eigenvalue weighted by molar-refractivity contribution is 7.85. The second-order valence-electron chi connectivity index (χ2n) is 4.11. The molecule has 0 radical (unpaired) electrons. The molecule has 1 aliphatic heterocycles. The number of carboxylic acid groups (broad SMARTS) is 1. The fourth-order valence-electron chi connectivity index (χ4n) is 1.32. The van der Waals surface area contributed by atoms with Crippen LogP contribution in [0.3, 0.4) is 0 Å². The zero-order chi connectivity index (χ0) is 16.3. The third-order valence-corrected chi connectivity index (χ3v) is 3.09. The number of aliphatic carboxylic acids is 1. The predicted octanol–water partition coefficient (Wildman–Crippen LogP) is -2.65. The second-order valence-corrected chi connectivity index (χ2v) is 5.69. The highest BCUT2D eigenvalue weighted by Gasteiger charge is 2.13. The summed E-state index contributed by atoms with van der Waals surface area (Å²) in [6.07, 6.45) is 0. The van der Waals surface area contributed by atoms with E-state index in [4.69, 9.17) is 20.1 Å². The minimum atomic E-state index is -3.81. The van der Waals surface area contributed by atoms with E-state index in [9.17, 15) is 18.0 Å². The van der Waals surface area contributed by atoms with Crippen molar-refractivity contribution in [2.75, 3.05) is 51.7 Å². The first-order valence-corrected chi connectivity index (χ1v) is 7.79. The Hall–Kier alpha value is -1.27. The Morgan fingerprint density at radius 3 is 2.29 bits per heavy atom. The topological polar surface area (TPSA) is 159 Å². The molecule has 1 heterocycles. The molecule has 0 bridgehead atoms. The number of carbonyl (C=O) groups excluding carboxylic acids is 1. The van der Waals surface area contributed by atoms with Gasteiger partial charge in [0.2, 0.25) is 5.91 Å². The number of nitrogens with one attached hydrogen (secondary N) is 1. The number of nitrogens with zero attached hydrogens (tertiary/aromatic N) is 1. The summed E-state index contributed by atoms with van der Waals surface area (Å²) in [5.74, 6) is -1.72. The normalized spacial score (nSPS) is 15.7. The first-order chi connectivity index (χ1) is 9.74. The molecular formula is C10H21N3O7S. The van der Waals surface area contributed by atoms with E-state index in [1.54, 1.807) is 0 Å². The Bertz CT molecular complexity index is 420. The largest absolute Gasteiger partial charge is 0.480 e. The van der Waals surface area contributed by atoms with Gasteiger partial charge in [-0.05, 0) is 0 Å². The van der Waals surface area contributed by atoms with Crippen LogP contribution in [-0.4, -0.2) is 86.5 Å². The summed E-state index contributed by atoms with van der Waals surface area (Å²) in [4.78, 5) is 21.9. The molecule has 1 amide bonds. The van der Waals surface area contributed by atoms with Crippen LogP contribution in [0.2, 0.25) is 0 Å². The second kappa shape index (κ2) is 10.5. The molecule has 0 spiro atoms. The number of hydrogen-bond acceptors (Lipinski definition) is 7. The van der Waals surface area contributed by atoms with Crippen molar-refractivity contribution in [1.29, 1.82) is 0 Å². The van der Waals surface area contributed by atoms with Crippen LogP contribution in [0.5, 0.6) is 0 Å². The lowest BCUT2D eigenvalue weighted by Gasteiger charge is -2.25. The average Bonchev–Trinajstić information content (AvgIpc) is 2.43. The van der Waals surface area contributed by atoms with Gasteiger partial charge in [-0.2, -0.15) is 8.42 Å². The molecule has 1 rings (SSSR count). The van der Waals surface area contributed by atoms with Crippen molar-refractivity contribution in [3.8, 4) is 0 Å². The summed E-state index contributed by atoms with van der Waals surface area (Å²) in [6, 6.07) is 0. The quantitative estimate of drug-likeness (QED) is 0.382. The highest BCUT2D eigenvalue weighted by atomic mass is 32.2. The number of nitrogens with two attached hydrogens (primary N) is 1. The van der Waals surface area contributed by atoms with E-state index in [1.165, 1.54) is 0 Å². The van der Waals surface area contributed by atoms with E-state index >= 15 is 0 Å². The van der Waals surface area contributed by atoms with Crippen LogP contribution in [0.25, 0.3) is 0 Å². The smallest absolute Gasteiger partial charge is 0.322 e. The van der Waals surface area contributed by atoms with E-state index in [0.29, 0.717) is 19.8 Å². The van der Waals surface area contributed by atoms with Crippen molar-refractivity contribution in [2.24, 2.45) is 5.73 Å². The van der Waals surface area contributed by atoms with Crippen LogP contribution >= 0.6 is 0 Å². The highest BCUT2D eigenvalue weighted by Crippen LogP contribution is 1.96. The minimum absolute atomic E-state index is 0.173. The van der Waals surface area contributed by atoms with Crippen LogP contribution in [0.15, 0.2) is 0 Å². The summed E-state index contributed by atoms with van der Waals surface area (Å²) < 4.78 is 34.3. The van der Waals surface area contributed by atoms with Gasteiger partial charge in [0.25, 0.3) is 10.1 Å². The molecule has 1 aliphatic rings. The van der Waals surface area contributed by atoms with E-state index in [1.807, 2.05) is 4.90 Å². The first kappa shape index (κ1) is 19.7. The molecule has 124 valence electrons. The van der Waals surface area contributed by atoms with Crippen LogP contribution in [0, 0.1) is 0 Å². The average molecular weight is 327 g/mol. The van der Waals surface area contributed by atoms with Gasteiger partial charge in [-0.15, -0.1) is 0 Å². The number of amides is 1. The van der Waals surface area contributed by atoms with E-state index in [2.05, 4.69) is 5.32 Å². The van der Waals surface area contributed by atoms with Crippen molar-refractivity contribution in [2.45, 2.75) is 0 Å². The zero-order valence-electron chi connectivity index (χ0n) is 11.5. The van der Waals surface area contributed by atoms with Crippen LogP contribution < -0.4 is 11.1 Å². The molecule has 10 nitrogen and oxygen atoms in total. The monoisotopic (exact) mass is 327 g/mol. The van der Waals surface area contributed by atoms with Gasteiger partial charge < -0.3 is 20.9 Å². The lowest BCUT2D eigenvalue weighted by atomic mass is 10.4. The molecule has 0 saturated carbocycles. The van der Waals surface area contributed by atoms with Crippen molar-refractivity contribution in [3.63, 3.8) is 0 Å². The predicted molar refractivity (Wildman–Crippen MR) is 73.4 cm³/mol. The maximum atomic E-state index is 10.4. The third kappa shape index (κ3) is 13.5. The van der Waals surface area contributed by atoms with Crippen LogP contribution in [0.4, 0.5) is 0 Å². The molecule has 5 N–H and O–H groups in total. The maximum absolute atomic E-state index is 10.4. The number of hydrogen-bond donors (Lipinski definition) is 4. The van der Waals surface area contributed by atoms with E-state index in [-0.39, 0.29) is 18.8 Å². The summed E-state index contributed by atoms with van der Waals surface area (Å²) >= 11 is 0. The van der Waals surface area contributed by atoms with Gasteiger partial charge in [0.05, 0.1) is 25.5 Å². The van der Waals surface area contributed by atoms with Crippen molar-refractivity contribution < 1.29 is 32.4 Å². The number of carbonyl (C=O) groups is 2. The molecule has 0 aromatic carbocycles. The first-order valence-electron chi connectivity index (χ1n) is 6.18. The lowest BCUT2D eigenvalue weighted by Crippen LogP contribution is -2.38. The molecule has 0 unspecified atom stereocenters. The Morgan fingerprint density at radius 1 is 1.29 bits per heavy atom. The summed E-state index contributed by atoms with van der Waals surface area (Å²) in [7, 11) is -3.81. The number of ether oxygens (including phenoxy) is 1. The lowest BCUT2D eigenvalue weighted by molar-refractivity contribution is -0.137. The number of carboxylic acids is 1. The van der Waals surface area contributed by atoms with Gasteiger partial charge in [-0.1, -0.05) is 0 Å². The minimum Gasteiger partial charge on any atom is -0.480 e. The van der Waals surface area contributed by atoms with Gasteiger partial charge >= 0.3 is 5.97 Å². The molecule has 21 heavy (non-hydrogen) atoms. The molecule has 0 aromatic rings. The van der Waals surface area contributed by atoms with Gasteiger partial charge in [-0.25, -0.2) is 0 Å². The SMILES string of the molecule is NCC(=O)NCC(=O)O.O=S(=O)(O)CCN1CCOCC1. The summed E-state index contributed by atoms with van der Waals surface area (Å²) in [6.45, 7) is 2.63. The van der Waals surface area contributed by atoms with Crippen molar-refractivity contribution >= 4 is 22.0 Å². The van der Waals surface area contributed by atoms with Crippen LogP contribution in [0.1, 0.15) is 0 Å². The Labute approximate surface area is 123 Å². The molecule has 0 aromatic heterocycles. The number of morpholine rings is 1. The molecule has 1 saturated heterocycles. The summed E-state index contributed by atoms with van der Waals surface area (Å²) in [5.41, 5.74) is 4.85. The maximum Gasteiger partial charge on any atom is 0.322 e. The fraction of sp³-hybridized carbons (Fsp3) is 0.800. The van der Waals surface area contributed by atoms with Gasteiger partial charge in [0, 0.05) is 19.6 Å². The van der Waals surface area contributed by atoms with E-state index in [0.717, 1.165) is 13.1 Å². The molecule has 1 fully saturated rings.